The maximum atomic E-state index is 12.8. The molecule has 178 valence electrons. The van der Waals surface area contributed by atoms with E-state index in [0.717, 1.165) is 25.7 Å². The molecule has 2 heterocycles. The molecular weight excluding hydrogens is 456 g/mol. The predicted molar refractivity (Wildman–Crippen MR) is 118 cm³/mol. The van der Waals surface area contributed by atoms with Gasteiger partial charge in [-0.2, -0.15) is 4.31 Å². The summed E-state index contributed by atoms with van der Waals surface area (Å²) in [7, 11) is -6.75. The predicted octanol–water partition coefficient (Wildman–Crippen LogP) is 1.44. The Kier molecular flexibility index (Phi) is 7.94. The van der Waals surface area contributed by atoms with Crippen LogP contribution in [0.1, 0.15) is 49.4 Å². The van der Waals surface area contributed by atoms with Crippen LogP contribution in [0.4, 0.5) is 0 Å². The Morgan fingerprint density at radius 2 is 1.72 bits per heavy atom. The fraction of sp³-hybridized carbons (Fsp3) is 0.619. The first-order valence-electron chi connectivity index (χ1n) is 10.9. The number of benzene rings is 1. The van der Waals surface area contributed by atoms with E-state index in [1.807, 2.05) is 0 Å². The zero-order chi connectivity index (χ0) is 23.4. The summed E-state index contributed by atoms with van der Waals surface area (Å²) in [5.74, 6) is -1.23. The van der Waals surface area contributed by atoms with Gasteiger partial charge < -0.3 is 9.64 Å². The zero-order valence-corrected chi connectivity index (χ0v) is 19.9. The van der Waals surface area contributed by atoms with Gasteiger partial charge >= 0.3 is 5.97 Å². The Morgan fingerprint density at radius 1 is 1.09 bits per heavy atom. The van der Waals surface area contributed by atoms with Crippen LogP contribution in [0.2, 0.25) is 0 Å². The minimum atomic E-state index is -3.62. The van der Waals surface area contributed by atoms with Crippen LogP contribution in [0.25, 0.3) is 0 Å². The number of likely N-dealkylation sites (N-methyl/N-ethyl adjacent to an activating group) is 1. The van der Waals surface area contributed by atoms with Gasteiger partial charge in [0.2, 0.25) is 10.0 Å². The summed E-state index contributed by atoms with van der Waals surface area (Å²) in [6, 6.07) is 5.09. The Bertz CT molecular complexity index is 1030. The number of nitrogens with zero attached hydrogens (tertiary/aromatic N) is 2. The van der Waals surface area contributed by atoms with Gasteiger partial charge in [0.1, 0.15) is 0 Å². The first-order valence-corrected chi connectivity index (χ1v) is 14.2. The number of hydrogen-bond acceptors (Lipinski definition) is 7. The lowest BCUT2D eigenvalue weighted by Gasteiger charge is -2.26. The van der Waals surface area contributed by atoms with E-state index in [1.54, 1.807) is 6.92 Å². The molecule has 1 aromatic carbocycles. The van der Waals surface area contributed by atoms with Crippen molar-refractivity contribution in [2.24, 2.45) is 0 Å². The summed E-state index contributed by atoms with van der Waals surface area (Å²) in [5.41, 5.74) is 0.138. The smallest absolute Gasteiger partial charge is 0.338 e. The summed E-state index contributed by atoms with van der Waals surface area (Å²) in [4.78, 5) is 26.4. The lowest BCUT2D eigenvalue weighted by atomic mass is 10.2. The molecule has 0 aliphatic carbocycles. The zero-order valence-electron chi connectivity index (χ0n) is 18.2. The van der Waals surface area contributed by atoms with Crippen LogP contribution >= 0.6 is 0 Å². The fourth-order valence-electron chi connectivity index (χ4n) is 4.15. The van der Waals surface area contributed by atoms with E-state index >= 15 is 0 Å². The number of rotatable bonds is 7. The minimum Gasteiger partial charge on any atom is -0.452 e. The Labute approximate surface area is 189 Å². The largest absolute Gasteiger partial charge is 0.452 e. The second-order valence-electron chi connectivity index (χ2n) is 8.16. The molecule has 2 fully saturated rings. The maximum absolute atomic E-state index is 12.8. The number of ether oxygens (including phenoxy) is 1. The quantitative estimate of drug-likeness (QED) is 0.535. The van der Waals surface area contributed by atoms with Crippen LogP contribution in [-0.4, -0.2) is 81.7 Å². The summed E-state index contributed by atoms with van der Waals surface area (Å²) in [5, 5.41) is 0. The molecule has 1 unspecified atom stereocenters. The molecule has 0 aromatic heterocycles. The normalized spacial score (nSPS) is 21.6. The number of amides is 1. The molecule has 2 saturated heterocycles. The van der Waals surface area contributed by atoms with Crippen molar-refractivity contribution in [3.05, 3.63) is 29.8 Å². The molecule has 1 atom stereocenters. The number of sulfone groups is 1. The second kappa shape index (κ2) is 10.3. The van der Waals surface area contributed by atoms with E-state index in [9.17, 15) is 26.4 Å². The third-order valence-corrected chi connectivity index (χ3v) is 9.59. The van der Waals surface area contributed by atoms with Gasteiger partial charge in [-0.25, -0.2) is 21.6 Å². The molecule has 1 amide bonds. The van der Waals surface area contributed by atoms with E-state index < -0.39 is 44.4 Å². The highest BCUT2D eigenvalue weighted by Gasteiger charge is 2.34. The average Bonchev–Trinajstić information content (AvgIpc) is 2.96. The molecule has 0 bridgehead atoms. The highest BCUT2D eigenvalue weighted by molar-refractivity contribution is 7.91. The Balaban J connectivity index is 1.59. The average molecular weight is 487 g/mol. The van der Waals surface area contributed by atoms with Gasteiger partial charge in [-0.3, -0.25) is 4.79 Å². The molecule has 2 aliphatic heterocycles. The van der Waals surface area contributed by atoms with Crippen LogP contribution < -0.4 is 0 Å². The van der Waals surface area contributed by atoms with Crippen molar-refractivity contribution < 1.29 is 31.2 Å². The van der Waals surface area contributed by atoms with Crippen LogP contribution in [0.3, 0.4) is 0 Å². The summed E-state index contributed by atoms with van der Waals surface area (Å²) in [6.07, 6.45) is 4.07. The number of hydrogen-bond donors (Lipinski definition) is 0. The Hall–Kier alpha value is -1.98. The van der Waals surface area contributed by atoms with Crippen molar-refractivity contribution in [2.45, 2.75) is 50.0 Å². The molecule has 9 nitrogen and oxygen atoms in total. The van der Waals surface area contributed by atoms with Crippen LogP contribution in [0, 0.1) is 0 Å². The topological polar surface area (TPSA) is 118 Å². The highest BCUT2D eigenvalue weighted by Crippen LogP contribution is 2.21. The van der Waals surface area contributed by atoms with E-state index in [0.29, 0.717) is 26.1 Å². The van der Waals surface area contributed by atoms with Gasteiger partial charge in [0.15, 0.2) is 16.4 Å². The first kappa shape index (κ1) is 24.7. The monoisotopic (exact) mass is 486 g/mol. The van der Waals surface area contributed by atoms with Crippen molar-refractivity contribution in [2.75, 3.05) is 37.7 Å². The third-order valence-electron chi connectivity index (χ3n) is 5.93. The van der Waals surface area contributed by atoms with E-state index in [2.05, 4.69) is 0 Å². The van der Waals surface area contributed by atoms with Crippen LogP contribution in [0.15, 0.2) is 29.2 Å². The maximum Gasteiger partial charge on any atom is 0.338 e. The van der Waals surface area contributed by atoms with Crippen LogP contribution in [-0.2, 0) is 29.4 Å². The molecule has 1 aromatic rings. The van der Waals surface area contributed by atoms with Crippen molar-refractivity contribution in [3.63, 3.8) is 0 Å². The minimum absolute atomic E-state index is 0.0495. The van der Waals surface area contributed by atoms with Crippen LogP contribution in [0.5, 0.6) is 0 Å². The third kappa shape index (κ3) is 5.87. The molecular formula is C21H30N2O7S2. The lowest BCUT2D eigenvalue weighted by Crippen LogP contribution is -2.43. The molecule has 11 heteroatoms. The van der Waals surface area contributed by atoms with Gasteiger partial charge in [-0.15, -0.1) is 0 Å². The van der Waals surface area contributed by atoms with E-state index in [1.165, 1.54) is 33.5 Å². The van der Waals surface area contributed by atoms with Gasteiger partial charge in [0.25, 0.3) is 5.91 Å². The molecule has 0 saturated carbocycles. The van der Waals surface area contributed by atoms with E-state index in [4.69, 9.17) is 4.74 Å². The molecule has 0 N–H and O–H groups in total. The van der Waals surface area contributed by atoms with Crippen molar-refractivity contribution in [1.29, 1.82) is 0 Å². The van der Waals surface area contributed by atoms with Crippen molar-refractivity contribution in [3.8, 4) is 0 Å². The van der Waals surface area contributed by atoms with Gasteiger partial charge in [0.05, 0.1) is 22.0 Å². The summed E-state index contributed by atoms with van der Waals surface area (Å²) >= 11 is 0. The van der Waals surface area contributed by atoms with E-state index in [-0.39, 0.29) is 22.0 Å². The summed E-state index contributed by atoms with van der Waals surface area (Å²) in [6.45, 7) is 2.54. The molecule has 3 rings (SSSR count). The number of sulfonamides is 1. The molecule has 0 spiro atoms. The summed E-state index contributed by atoms with van der Waals surface area (Å²) < 4.78 is 55.6. The highest BCUT2D eigenvalue weighted by atomic mass is 32.2. The fourth-order valence-corrected chi connectivity index (χ4v) is 7.39. The lowest BCUT2D eigenvalue weighted by molar-refractivity contribution is -0.136. The van der Waals surface area contributed by atoms with Crippen molar-refractivity contribution >= 4 is 31.7 Å². The molecule has 0 radical (unpaired) electrons. The first-order chi connectivity index (χ1) is 15.1. The second-order valence-corrected chi connectivity index (χ2v) is 12.3. The van der Waals surface area contributed by atoms with Gasteiger partial charge in [-0.05, 0) is 50.5 Å². The van der Waals surface area contributed by atoms with Gasteiger partial charge in [-0.1, -0.05) is 12.8 Å². The number of carbonyl (C=O) groups excluding carboxylic acids is 2. The Morgan fingerprint density at radius 3 is 2.25 bits per heavy atom. The SMILES string of the molecule is CCN(C(=O)COC(=O)c1ccc(S(=O)(=O)N2CCCCCC2)cc1)C1CCS(=O)(=O)C1. The molecule has 32 heavy (non-hydrogen) atoms. The molecule has 2 aliphatic rings. The standard InChI is InChI=1S/C21H30N2O7S2/c1-2-23(18-11-14-31(26,27)16-18)20(24)15-30-21(25)17-7-9-19(10-8-17)32(28,29)22-12-5-3-4-6-13-22/h7-10,18H,2-6,11-16H2,1H3. The van der Waals surface area contributed by atoms with Gasteiger partial charge in [0, 0.05) is 25.7 Å². The van der Waals surface area contributed by atoms with Crippen molar-refractivity contribution in [1.82, 2.24) is 9.21 Å². The number of esters is 1. The number of carbonyl (C=O) groups is 2.